The fourth-order valence-corrected chi connectivity index (χ4v) is 2.58. The smallest absolute Gasteiger partial charge is 0.363 e. The number of alkyl halides is 6. The molecule has 157 valence electrons. The quantitative estimate of drug-likeness (QED) is 0.599. The molecule has 1 amide bonds. The van der Waals surface area contributed by atoms with Crippen LogP contribution in [0, 0.1) is 6.42 Å². The summed E-state index contributed by atoms with van der Waals surface area (Å²) in [5.74, 6) is -1.11. The zero-order chi connectivity index (χ0) is 22.1. The second-order valence-electron chi connectivity index (χ2n) is 6.22. The number of rotatable bonds is 5. The van der Waals surface area contributed by atoms with Crippen LogP contribution in [0.25, 0.3) is 11.1 Å². The molecule has 0 aliphatic heterocycles. The Kier molecular flexibility index (Phi) is 5.55. The number of hydrogen-bond donors (Lipinski definition) is 1. The van der Waals surface area contributed by atoms with E-state index in [1.165, 1.54) is 30.7 Å². The van der Waals surface area contributed by atoms with Gasteiger partial charge in [-0.05, 0) is 41.3 Å². The summed E-state index contributed by atoms with van der Waals surface area (Å²) in [6.45, 7) is 0. The van der Waals surface area contributed by atoms with Crippen molar-refractivity contribution in [3.8, 4) is 11.1 Å². The SMILES string of the molecule is NC(=O)c1noc([CH]Cc2ccc(-c3cc(C(F)(F)F)cc(C(F)(F)F)c3)cc2)n1. The number of amides is 1. The van der Waals surface area contributed by atoms with E-state index >= 15 is 0 Å². The first-order valence-electron chi connectivity index (χ1n) is 8.29. The molecule has 1 radical (unpaired) electrons. The summed E-state index contributed by atoms with van der Waals surface area (Å²) in [5, 5.41) is 3.36. The monoisotopic (exact) mass is 428 g/mol. The number of benzene rings is 2. The molecule has 0 unspecified atom stereocenters. The first-order valence-corrected chi connectivity index (χ1v) is 8.29. The highest BCUT2D eigenvalue weighted by Gasteiger charge is 2.37. The number of aromatic nitrogens is 2. The maximum atomic E-state index is 13.0. The van der Waals surface area contributed by atoms with Crippen LogP contribution in [0.1, 0.15) is 33.2 Å². The molecule has 1 heterocycles. The third-order valence-electron chi connectivity index (χ3n) is 4.05. The van der Waals surface area contributed by atoms with Crippen LogP contribution in [0.4, 0.5) is 26.3 Å². The average molecular weight is 428 g/mol. The van der Waals surface area contributed by atoms with E-state index in [-0.39, 0.29) is 35.3 Å². The van der Waals surface area contributed by atoms with Crippen molar-refractivity contribution in [2.75, 3.05) is 0 Å². The summed E-state index contributed by atoms with van der Waals surface area (Å²) in [6.07, 6.45) is -8.09. The molecule has 0 fully saturated rings. The van der Waals surface area contributed by atoms with Gasteiger partial charge in [-0.1, -0.05) is 29.4 Å². The minimum Gasteiger partial charge on any atom is -0.363 e. The molecule has 0 aliphatic carbocycles. The first kappa shape index (κ1) is 21.3. The number of carbonyl (C=O) groups excluding carboxylic acids is 1. The summed E-state index contributed by atoms with van der Waals surface area (Å²) in [6, 6.07) is 7.29. The van der Waals surface area contributed by atoms with Crippen LogP contribution in [0.2, 0.25) is 0 Å². The van der Waals surface area contributed by atoms with Crippen LogP contribution >= 0.6 is 0 Å². The van der Waals surface area contributed by atoms with Crippen LogP contribution in [-0.2, 0) is 18.8 Å². The van der Waals surface area contributed by atoms with E-state index in [0.29, 0.717) is 17.7 Å². The van der Waals surface area contributed by atoms with Crippen molar-refractivity contribution in [2.45, 2.75) is 18.8 Å². The summed E-state index contributed by atoms with van der Waals surface area (Å²) in [7, 11) is 0. The van der Waals surface area contributed by atoms with Gasteiger partial charge in [0.1, 0.15) is 0 Å². The van der Waals surface area contributed by atoms with Gasteiger partial charge in [-0.3, -0.25) is 4.79 Å². The third-order valence-corrected chi connectivity index (χ3v) is 4.05. The van der Waals surface area contributed by atoms with Gasteiger partial charge in [0, 0.05) is 0 Å². The Morgan fingerprint density at radius 1 is 0.933 bits per heavy atom. The topological polar surface area (TPSA) is 82.0 Å². The molecular formula is C19H12F6N3O2. The lowest BCUT2D eigenvalue weighted by Gasteiger charge is -2.14. The van der Waals surface area contributed by atoms with E-state index < -0.39 is 29.4 Å². The van der Waals surface area contributed by atoms with Crippen molar-refractivity contribution in [1.29, 1.82) is 0 Å². The molecule has 30 heavy (non-hydrogen) atoms. The van der Waals surface area contributed by atoms with Gasteiger partial charge in [-0.15, -0.1) is 0 Å². The normalized spacial score (nSPS) is 12.2. The lowest BCUT2D eigenvalue weighted by Crippen LogP contribution is -2.12. The van der Waals surface area contributed by atoms with Gasteiger partial charge in [0.05, 0.1) is 17.5 Å². The van der Waals surface area contributed by atoms with Crippen molar-refractivity contribution < 1.29 is 35.7 Å². The van der Waals surface area contributed by atoms with Crippen LogP contribution in [-0.4, -0.2) is 16.0 Å². The Balaban J connectivity index is 1.82. The Labute approximate surface area is 165 Å². The lowest BCUT2D eigenvalue weighted by atomic mass is 9.97. The zero-order valence-corrected chi connectivity index (χ0v) is 14.9. The molecule has 3 rings (SSSR count). The Hall–Kier alpha value is -3.37. The fraction of sp³-hybridized carbons (Fsp3) is 0.158. The van der Waals surface area contributed by atoms with Crippen molar-refractivity contribution in [1.82, 2.24) is 10.1 Å². The third kappa shape index (κ3) is 4.97. The number of primary amides is 1. The molecule has 1 aromatic heterocycles. The minimum atomic E-state index is -4.92. The summed E-state index contributed by atoms with van der Waals surface area (Å²) in [5.41, 5.74) is 2.88. The number of halogens is 6. The Morgan fingerprint density at radius 3 is 1.97 bits per heavy atom. The molecular weight excluding hydrogens is 416 g/mol. The van der Waals surface area contributed by atoms with Crippen LogP contribution in [0.3, 0.4) is 0 Å². The highest BCUT2D eigenvalue weighted by atomic mass is 19.4. The fourth-order valence-electron chi connectivity index (χ4n) is 2.58. The molecule has 2 aromatic carbocycles. The maximum absolute atomic E-state index is 13.0. The molecule has 3 aromatic rings. The molecule has 0 spiro atoms. The second-order valence-corrected chi connectivity index (χ2v) is 6.22. The van der Waals surface area contributed by atoms with E-state index in [1.807, 2.05) is 0 Å². The molecule has 0 saturated carbocycles. The van der Waals surface area contributed by atoms with Crippen molar-refractivity contribution in [2.24, 2.45) is 5.73 Å². The molecule has 2 N–H and O–H groups in total. The first-order chi connectivity index (χ1) is 13.9. The summed E-state index contributed by atoms with van der Waals surface area (Å²) >= 11 is 0. The minimum absolute atomic E-state index is 0.0422. The standard InChI is InChI=1S/C19H12F6N3O2/c20-18(21,22)13-7-12(8-14(9-13)19(23,24)25)11-4-1-10(2-5-11)3-6-15-27-17(16(26)29)28-30-15/h1-2,4-9H,3H2,(H2,26,29). The number of hydrogen-bond acceptors (Lipinski definition) is 4. The van der Waals surface area contributed by atoms with Gasteiger partial charge in [0.15, 0.2) is 0 Å². The van der Waals surface area contributed by atoms with Crippen LogP contribution in [0.15, 0.2) is 47.0 Å². The van der Waals surface area contributed by atoms with Crippen LogP contribution in [0.5, 0.6) is 0 Å². The summed E-state index contributed by atoms with van der Waals surface area (Å²) in [4.78, 5) is 14.6. The molecule has 0 bridgehead atoms. The van der Waals surface area contributed by atoms with Crippen molar-refractivity contribution in [3.63, 3.8) is 0 Å². The average Bonchev–Trinajstić information content (AvgIpc) is 3.14. The van der Waals surface area contributed by atoms with Gasteiger partial charge in [0.2, 0.25) is 5.89 Å². The molecule has 0 atom stereocenters. The highest BCUT2D eigenvalue weighted by Crippen LogP contribution is 2.38. The number of nitrogens with two attached hydrogens (primary N) is 1. The van der Waals surface area contributed by atoms with E-state index in [4.69, 9.17) is 10.3 Å². The van der Waals surface area contributed by atoms with Gasteiger partial charge >= 0.3 is 12.4 Å². The summed E-state index contributed by atoms with van der Waals surface area (Å²) < 4.78 is 82.9. The van der Waals surface area contributed by atoms with Gasteiger partial charge in [-0.2, -0.15) is 31.3 Å². The molecule has 0 aliphatic rings. The van der Waals surface area contributed by atoms with E-state index in [1.54, 1.807) is 0 Å². The van der Waals surface area contributed by atoms with E-state index in [0.717, 1.165) is 0 Å². The van der Waals surface area contributed by atoms with E-state index in [9.17, 15) is 31.1 Å². The Morgan fingerprint density at radius 2 is 1.50 bits per heavy atom. The van der Waals surface area contributed by atoms with E-state index in [2.05, 4.69) is 10.1 Å². The van der Waals surface area contributed by atoms with Crippen molar-refractivity contribution >= 4 is 5.91 Å². The number of carbonyl (C=O) groups is 1. The predicted molar refractivity (Wildman–Crippen MR) is 91.8 cm³/mol. The number of nitrogens with zero attached hydrogens (tertiary/aromatic N) is 2. The van der Waals surface area contributed by atoms with Gasteiger partial charge in [-0.25, -0.2) is 0 Å². The van der Waals surface area contributed by atoms with Crippen LogP contribution < -0.4 is 5.73 Å². The van der Waals surface area contributed by atoms with Crippen molar-refractivity contribution in [3.05, 3.63) is 77.3 Å². The van der Waals surface area contributed by atoms with Gasteiger partial charge < -0.3 is 10.3 Å². The predicted octanol–water partition coefficient (Wildman–Crippen LogP) is 4.67. The maximum Gasteiger partial charge on any atom is 0.416 e. The largest absolute Gasteiger partial charge is 0.416 e. The second kappa shape index (κ2) is 7.81. The highest BCUT2D eigenvalue weighted by molar-refractivity contribution is 5.88. The lowest BCUT2D eigenvalue weighted by molar-refractivity contribution is -0.143. The Bertz CT molecular complexity index is 1020. The molecule has 11 heteroatoms. The molecule has 0 saturated heterocycles. The zero-order valence-electron chi connectivity index (χ0n) is 14.9. The molecule has 5 nitrogen and oxygen atoms in total. The van der Waals surface area contributed by atoms with Gasteiger partial charge in [0.25, 0.3) is 11.7 Å².